The normalized spacial score (nSPS) is 17.4. The average molecular weight is 918 g/mol. The molecule has 6 heterocycles. The standard InChI is InChI=1S/C51H51N9O6S/c1-30-33(34-16-18-44(52-41(34)29-61)60-24-21-32-8-5-10-35(38(32)27-60)49(64)56-51-54-39-12-3-4-15-43(39)67-51)9-7-14-42(30)66-25-22-31-20-23-59(26-31)28-46(63)53-40-13-6-11-36-47(57-58(2)48(36)40)37-17-19-45(62)55-50(37)65/h3-16,18,31,37,61H,17,19-29H2,1-2H3,(H,53,63)(H,54,56,64)(H,55,62,65)/t31-,37?/m0/s1. The third-order valence-electron chi connectivity index (χ3n) is 13.3. The van der Waals surface area contributed by atoms with Crippen molar-refractivity contribution in [3.05, 3.63) is 125 Å². The number of para-hydroxylation sites is 2. The number of aryl methyl sites for hydroxylation is 1. The molecule has 4 aromatic carbocycles. The molecular formula is C51H51N9O6S. The van der Waals surface area contributed by atoms with E-state index in [0.29, 0.717) is 53.3 Å². The van der Waals surface area contributed by atoms with Crippen LogP contribution in [0.2, 0.25) is 0 Å². The van der Waals surface area contributed by atoms with Crippen molar-refractivity contribution in [2.24, 2.45) is 13.0 Å². The van der Waals surface area contributed by atoms with Crippen LogP contribution in [0.5, 0.6) is 5.75 Å². The molecule has 0 aliphatic carbocycles. The highest BCUT2D eigenvalue weighted by Gasteiger charge is 2.33. The number of fused-ring (bicyclic) bond motifs is 3. The van der Waals surface area contributed by atoms with Crippen molar-refractivity contribution < 1.29 is 29.0 Å². The zero-order valence-electron chi connectivity index (χ0n) is 37.4. The molecule has 0 radical (unpaired) electrons. The van der Waals surface area contributed by atoms with Gasteiger partial charge < -0.3 is 20.1 Å². The van der Waals surface area contributed by atoms with E-state index in [0.717, 1.165) is 99.4 Å². The number of thiazole rings is 1. The Bertz CT molecular complexity index is 3040. The smallest absolute Gasteiger partial charge is 0.257 e. The van der Waals surface area contributed by atoms with E-state index in [1.54, 1.807) is 11.7 Å². The molecule has 7 aromatic rings. The highest BCUT2D eigenvalue weighted by Crippen LogP contribution is 2.36. The number of hydrogen-bond donors (Lipinski definition) is 4. The lowest BCUT2D eigenvalue weighted by Gasteiger charge is -2.31. The fourth-order valence-corrected chi connectivity index (χ4v) is 10.7. The maximum Gasteiger partial charge on any atom is 0.257 e. The van der Waals surface area contributed by atoms with Gasteiger partial charge in [0.1, 0.15) is 11.6 Å². The molecule has 3 aliphatic rings. The Kier molecular flexibility index (Phi) is 12.2. The van der Waals surface area contributed by atoms with Crippen LogP contribution in [-0.4, -0.2) is 86.2 Å². The van der Waals surface area contributed by atoms with Crippen LogP contribution >= 0.6 is 11.3 Å². The first-order valence-electron chi connectivity index (χ1n) is 22.8. The van der Waals surface area contributed by atoms with Crippen molar-refractivity contribution in [2.75, 3.05) is 48.3 Å². The van der Waals surface area contributed by atoms with E-state index in [4.69, 9.17) is 9.72 Å². The molecule has 342 valence electrons. The minimum Gasteiger partial charge on any atom is -0.493 e. The number of ether oxygens (including phenoxy) is 1. The first-order valence-corrected chi connectivity index (χ1v) is 23.6. The number of nitrogens with one attached hydrogen (secondary N) is 3. The summed E-state index contributed by atoms with van der Waals surface area (Å²) in [6.45, 7) is 5.37. The predicted molar refractivity (Wildman–Crippen MR) is 258 cm³/mol. The number of carbonyl (C=O) groups excluding carboxylic acids is 4. The Hall–Kier alpha value is -7.01. The monoisotopic (exact) mass is 917 g/mol. The van der Waals surface area contributed by atoms with Crippen LogP contribution in [0.25, 0.3) is 32.2 Å². The van der Waals surface area contributed by atoms with Crippen LogP contribution in [0.15, 0.2) is 91.0 Å². The fraction of sp³-hybridized carbons (Fsp3) is 0.314. The van der Waals surface area contributed by atoms with E-state index < -0.39 is 5.92 Å². The van der Waals surface area contributed by atoms with Gasteiger partial charge in [-0.2, -0.15) is 5.10 Å². The topological polar surface area (TPSA) is 184 Å². The lowest BCUT2D eigenvalue weighted by Crippen LogP contribution is -2.39. The van der Waals surface area contributed by atoms with Gasteiger partial charge >= 0.3 is 0 Å². The van der Waals surface area contributed by atoms with Gasteiger partial charge in [-0.05, 0) is 110 Å². The first kappa shape index (κ1) is 43.9. The van der Waals surface area contributed by atoms with E-state index in [1.165, 1.54) is 11.3 Å². The van der Waals surface area contributed by atoms with Gasteiger partial charge in [-0.3, -0.25) is 39.4 Å². The van der Waals surface area contributed by atoms with Crippen LogP contribution in [-0.2, 0) is 41.0 Å². The van der Waals surface area contributed by atoms with Crippen molar-refractivity contribution in [1.82, 2.24) is 30.0 Å². The number of aliphatic hydroxyl groups is 1. The van der Waals surface area contributed by atoms with Gasteiger partial charge in [0.15, 0.2) is 5.13 Å². The summed E-state index contributed by atoms with van der Waals surface area (Å²) in [4.78, 5) is 65.3. The molecule has 67 heavy (non-hydrogen) atoms. The summed E-state index contributed by atoms with van der Waals surface area (Å²) in [6, 6.07) is 29.2. The zero-order chi connectivity index (χ0) is 46.2. The molecule has 1 unspecified atom stereocenters. The minimum atomic E-state index is -0.526. The molecule has 2 saturated heterocycles. The number of nitrogens with zero attached hydrogens (tertiary/aromatic N) is 6. The number of hydrogen-bond acceptors (Lipinski definition) is 12. The van der Waals surface area contributed by atoms with Crippen LogP contribution in [0.4, 0.5) is 16.6 Å². The third kappa shape index (κ3) is 8.99. The Labute approximate surface area is 391 Å². The zero-order valence-corrected chi connectivity index (χ0v) is 38.2. The highest BCUT2D eigenvalue weighted by atomic mass is 32.1. The van der Waals surface area contributed by atoms with Gasteiger partial charge in [0.2, 0.25) is 17.7 Å². The van der Waals surface area contributed by atoms with Gasteiger partial charge in [0, 0.05) is 49.6 Å². The summed E-state index contributed by atoms with van der Waals surface area (Å²) in [7, 11) is 1.79. The molecule has 0 bridgehead atoms. The van der Waals surface area contributed by atoms with Crippen molar-refractivity contribution in [1.29, 1.82) is 0 Å². The molecular weight excluding hydrogens is 867 g/mol. The fourth-order valence-electron chi connectivity index (χ4n) is 9.87. The van der Waals surface area contributed by atoms with E-state index in [2.05, 4.69) is 41.9 Å². The Morgan fingerprint density at radius 2 is 1.76 bits per heavy atom. The highest BCUT2D eigenvalue weighted by molar-refractivity contribution is 7.22. The molecule has 4 N–H and O–H groups in total. The number of carbonyl (C=O) groups is 4. The lowest BCUT2D eigenvalue weighted by molar-refractivity contribution is -0.134. The van der Waals surface area contributed by atoms with Gasteiger partial charge in [-0.1, -0.05) is 59.9 Å². The van der Waals surface area contributed by atoms with Gasteiger partial charge in [0.25, 0.3) is 5.91 Å². The Morgan fingerprint density at radius 3 is 2.61 bits per heavy atom. The molecule has 15 nitrogen and oxygen atoms in total. The van der Waals surface area contributed by atoms with Crippen molar-refractivity contribution >= 4 is 72.7 Å². The molecule has 0 saturated carbocycles. The number of amides is 4. The minimum absolute atomic E-state index is 0.123. The number of likely N-dealkylation sites (tertiary alicyclic amines) is 1. The molecule has 10 rings (SSSR count). The SMILES string of the molecule is Cc1c(OCC[C@@H]2CCN(CC(=O)Nc3cccc4c(C5CCC(=O)NC5=O)nn(C)c34)C2)cccc1-c1ccc(N2CCc3cccc(C(=O)Nc4nc5ccccc5s4)c3C2)nc1CO. The van der Waals surface area contributed by atoms with Gasteiger partial charge in [-0.25, -0.2) is 9.97 Å². The molecule has 16 heteroatoms. The van der Waals surface area contributed by atoms with Crippen molar-refractivity contribution in [2.45, 2.75) is 58.1 Å². The number of aliphatic hydroxyl groups excluding tert-OH is 1. The van der Waals surface area contributed by atoms with E-state index >= 15 is 0 Å². The quantitative estimate of drug-likeness (QED) is 0.0865. The molecule has 0 spiro atoms. The average Bonchev–Trinajstić information content (AvgIpc) is 4.05. The van der Waals surface area contributed by atoms with Gasteiger partial charge in [-0.15, -0.1) is 0 Å². The summed E-state index contributed by atoms with van der Waals surface area (Å²) >= 11 is 1.45. The predicted octanol–water partition coefficient (Wildman–Crippen LogP) is 7.11. The molecule has 3 aliphatic heterocycles. The van der Waals surface area contributed by atoms with Crippen molar-refractivity contribution in [3.63, 3.8) is 0 Å². The number of anilines is 3. The number of aromatic nitrogens is 4. The summed E-state index contributed by atoms with van der Waals surface area (Å²) < 4.78 is 9.10. The molecule has 2 atom stereocenters. The van der Waals surface area contributed by atoms with Crippen LogP contribution < -0.4 is 25.6 Å². The maximum absolute atomic E-state index is 13.6. The van der Waals surface area contributed by atoms with Crippen LogP contribution in [0.1, 0.15) is 70.0 Å². The number of piperidine rings is 1. The Morgan fingerprint density at radius 1 is 0.910 bits per heavy atom. The second-order valence-electron chi connectivity index (χ2n) is 17.6. The number of imide groups is 1. The second-order valence-corrected chi connectivity index (χ2v) is 18.6. The van der Waals surface area contributed by atoms with Crippen LogP contribution in [0, 0.1) is 12.8 Å². The Balaban J connectivity index is 0.744. The second kappa shape index (κ2) is 18.7. The molecule has 2 fully saturated rings. The number of pyridine rings is 1. The molecule has 4 amide bonds. The third-order valence-corrected chi connectivity index (χ3v) is 14.2. The summed E-state index contributed by atoms with van der Waals surface area (Å²) in [5.41, 5.74) is 8.81. The van der Waals surface area contributed by atoms with E-state index in [1.807, 2.05) is 91.9 Å². The maximum atomic E-state index is 13.6. The summed E-state index contributed by atoms with van der Waals surface area (Å²) in [6.07, 6.45) is 3.21. The van der Waals surface area contributed by atoms with E-state index in [9.17, 15) is 24.3 Å². The van der Waals surface area contributed by atoms with Gasteiger partial charge in [0.05, 0.1) is 58.5 Å². The number of benzene rings is 4. The largest absolute Gasteiger partial charge is 0.493 e. The summed E-state index contributed by atoms with van der Waals surface area (Å²) in [5.74, 6) is 0.420. The lowest BCUT2D eigenvalue weighted by atomic mass is 9.92. The van der Waals surface area contributed by atoms with Crippen LogP contribution in [0.3, 0.4) is 0 Å². The van der Waals surface area contributed by atoms with E-state index in [-0.39, 0.29) is 43.2 Å². The molecule has 3 aromatic heterocycles. The van der Waals surface area contributed by atoms with Crippen molar-refractivity contribution in [3.8, 4) is 16.9 Å². The first-order chi connectivity index (χ1) is 32.6. The summed E-state index contributed by atoms with van der Waals surface area (Å²) in [5, 5.41) is 25.1. The number of rotatable bonds is 13.